The Morgan fingerprint density at radius 3 is 2.67 bits per heavy atom. The van der Waals surface area contributed by atoms with Gasteiger partial charge in [-0.25, -0.2) is 14.5 Å². The highest BCUT2D eigenvalue weighted by Crippen LogP contribution is 2.32. The van der Waals surface area contributed by atoms with Crippen molar-refractivity contribution in [1.82, 2.24) is 19.7 Å². The molecule has 0 aliphatic carbocycles. The van der Waals surface area contributed by atoms with Gasteiger partial charge in [0.25, 0.3) is 5.91 Å². The van der Waals surface area contributed by atoms with Crippen molar-refractivity contribution >= 4 is 22.9 Å². The first kappa shape index (κ1) is 20.1. The summed E-state index contributed by atoms with van der Waals surface area (Å²) in [5.74, 6) is 0.921. The number of carbonyl (C=O) groups excluding carboxylic acids is 2. The van der Waals surface area contributed by atoms with E-state index in [9.17, 15) is 9.59 Å². The van der Waals surface area contributed by atoms with Gasteiger partial charge in [-0.1, -0.05) is 0 Å². The standard InChI is InChI=1S/C22H26N4O4/c1-12(2)26-20-17(11-23-26)16(10-18(24-20)15-9-13(3)30-14(15)4)21(27)25-8-6-7-19(25)22(28)29-5/h9-12,19H,6-8H2,1-5H3. The first-order valence-corrected chi connectivity index (χ1v) is 10.2. The number of hydrogen-bond donors (Lipinski definition) is 0. The van der Waals surface area contributed by atoms with E-state index < -0.39 is 6.04 Å². The third-order valence-electron chi connectivity index (χ3n) is 5.59. The predicted octanol–water partition coefficient (Wildman–Crippen LogP) is 3.67. The topological polar surface area (TPSA) is 90.5 Å². The molecule has 1 amide bonds. The minimum atomic E-state index is -0.563. The van der Waals surface area contributed by atoms with Crippen LogP contribution in [0.1, 0.15) is 54.6 Å². The molecule has 1 unspecified atom stereocenters. The van der Waals surface area contributed by atoms with Gasteiger partial charge < -0.3 is 14.1 Å². The van der Waals surface area contributed by atoms with Crippen LogP contribution in [0.15, 0.2) is 22.7 Å². The van der Waals surface area contributed by atoms with Crippen molar-refractivity contribution in [3.05, 3.63) is 35.4 Å². The minimum absolute atomic E-state index is 0.0787. The van der Waals surface area contributed by atoms with Gasteiger partial charge in [0, 0.05) is 18.2 Å². The third-order valence-corrected chi connectivity index (χ3v) is 5.59. The van der Waals surface area contributed by atoms with Crippen LogP contribution < -0.4 is 0 Å². The third kappa shape index (κ3) is 3.26. The van der Waals surface area contributed by atoms with E-state index in [1.54, 1.807) is 21.8 Å². The number of pyridine rings is 1. The van der Waals surface area contributed by atoms with Crippen LogP contribution in [-0.4, -0.2) is 51.2 Å². The molecule has 30 heavy (non-hydrogen) atoms. The van der Waals surface area contributed by atoms with E-state index in [0.29, 0.717) is 35.3 Å². The maximum Gasteiger partial charge on any atom is 0.328 e. The number of aryl methyl sites for hydroxylation is 2. The lowest BCUT2D eigenvalue weighted by molar-refractivity contribution is -0.145. The normalized spacial score (nSPS) is 16.6. The highest BCUT2D eigenvalue weighted by molar-refractivity contribution is 6.07. The smallest absolute Gasteiger partial charge is 0.328 e. The molecule has 1 saturated heterocycles. The van der Waals surface area contributed by atoms with E-state index in [0.717, 1.165) is 23.5 Å². The monoisotopic (exact) mass is 410 g/mol. The van der Waals surface area contributed by atoms with Crippen LogP contribution >= 0.6 is 0 Å². The molecule has 4 rings (SSSR count). The number of fused-ring (bicyclic) bond motifs is 1. The van der Waals surface area contributed by atoms with Crippen molar-refractivity contribution in [3.8, 4) is 11.3 Å². The van der Waals surface area contributed by atoms with Gasteiger partial charge in [0.15, 0.2) is 5.65 Å². The van der Waals surface area contributed by atoms with Crippen molar-refractivity contribution in [3.63, 3.8) is 0 Å². The SMILES string of the molecule is COC(=O)C1CCCN1C(=O)c1cc(-c2cc(C)oc2C)nc2c1cnn2C(C)C. The Labute approximate surface area is 174 Å². The Bertz CT molecular complexity index is 1130. The molecule has 3 aromatic heterocycles. The Balaban J connectivity index is 1.89. The molecule has 1 aliphatic heterocycles. The van der Waals surface area contributed by atoms with E-state index in [1.807, 2.05) is 33.8 Å². The summed E-state index contributed by atoms with van der Waals surface area (Å²) in [6.45, 7) is 8.31. The van der Waals surface area contributed by atoms with Crippen LogP contribution in [0.25, 0.3) is 22.3 Å². The molecule has 3 aromatic rings. The molecule has 1 fully saturated rings. The summed E-state index contributed by atoms with van der Waals surface area (Å²) >= 11 is 0. The predicted molar refractivity (Wildman–Crippen MR) is 111 cm³/mol. The average molecular weight is 410 g/mol. The summed E-state index contributed by atoms with van der Waals surface area (Å²) in [6.07, 6.45) is 3.04. The van der Waals surface area contributed by atoms with E-state index in [2.05, 4.69) is 5.10 Å². The second kappa shape index (κ2) is 7.59. The summed E-state index contributed by atoms with van der Waals surface area (Å²) in [5, 5.41) is 5.14. The summed E-state index contributed by atoms with van der Waals surface area (Å²) in [5.41, 5.74) is 2.61. The number of nitrogens with zero attached hydrogens (tertiary/aromatic N) is 4. The Kier molecular flexibility index (Phi) is 5.09. The highest BCUT2D eigenvalue weighted by Gasteiger charge is 2.36. The fourth-order valence-electron chi connectivity index (χ4n) is 4.14. The first-order valence-electron chi connectivity index (χ1n) is 10.2. The maximum absolute atomic E-state index is 13.6. The van der Waals surface area contributed by atoms with Crippen molar-refractivity contribution in [1.29, 1.82) is 0 Å². The summed E-state index contributed by atoms with van der Waals surface area (Å²) in [4.78, 5) is 32.2. The van der Waals surface area contributed by atoms with Crippen LogP contribution in [0.4, 0.5) is 0 Å². The Morgan fingerprint density at radius 2 is 2.03 bits per heavy atom. The number of carbonyl (C=O) groups is 2. The molecule has 158 valence electrons. The van der Waals surface area contributed by atoms with Crippen LogP contribution in [0, 0.1) is 13.8 Å². The van der Waals surface area contributed by atoms with E-state index in [-0.39, 0.29) is 17.9 Å². The molecular formula is C22H26N4O4. The lowest BCUT2D eigenvalue weighted by Crippen LogP contribution is -2.41. The van der Waals surface area contributed by atoms with Gasteiger partial charge in [0.1, 0.15) is 17.6 Å². The Hall–Kier alpha value is -3.16. The number of methoxy groups -OCH3 is 1. The van der Waals surface area contributed by atoms with Crippen LogP contribution in [-0.2, 0) is 9.53 Å². The lowest BCUT2D eigenvalue weighted by atomic mass is 10.1. The van der Waals surface area contributed by atoms with E-state index in [4.69, 9.17) is 14.1 Å². The number of ether oxygens (including phenoxy) is 1. The number of amides is 1. The molecule has 0 N–H and O–H groups in total. The van der Waals surface area contributed by atoms with Gasteiger partial charge in [0.05, 0.1) is 30.0 Å². The van der Waals surface area contributed by atoms with Gasteiger partial charge >= 0.3 is 5.97 Å². The van der Waals surface area contributed by atoms with Crippen LogP contribution in [0.2, 0.25) is 0 Å². The number of esters is 1. The molecule has 1 atom stereocenters. The highest BCUT2D eigenvalue weighted by atomic mass is 16.5. The second-order valence-corrected chi connectivity index (χ2v) is 7.98. The van der Waals surface area contributed by atoms with Crippen molar-refractivity contribution in [2.45, 2.75) is 52.6 Å². The van der Waals surface area contributed by atoms with Gasteiger partial charge in [-0.3, -0.25) is 4.79 Å². The van der Waals surface area contributed by atoms with Gasteiger partial charge in [-0.15, -0.1) is 0 Å². The van der Waals surface area contributed by atoms with Crippen molar-refractivity contribution in [2.75, 3.05) is 13.7 Å². The molecule has 0 aromatic carbocycles. The summed E-state index contributed by atoms with van der Waals surface area (Å²) in [7, 11) is 1.35. The molecule has 1 aliphatic rings. The quantitative estimate of drug-likeness (QED) is 0.610. The van der Waals surface area contributed by atoms with Crippen molar-refractivity contribution in [2.24, 2.45) is 0 Å². The molecule has 8 heteroatoms. The number of furan rings is 1. The first-order chi connectivity index (χ1) is 14.3. The molecule has 0 spiro atoms. The van der Waals surface area contributed by atoms with Gasteiger partial charge in [-0.2, -0.15) is 5.10 Å². The fraction of sp³-hybridized carbons (Fsp3) is 0.455. The maximum atomic E-state index is 13.6. The van der Waals surface area contributed by atoms with Gasteiger partial charge in [0.2, 0.25) is 0 Å². The number of rotatable bonds is 4. The zero-order valence-electron chi connectivity index (χ0n) is 17.9. The Morgan fingerprint density at radius 1 is 1.27 bits per heavy atom. The molecule has 0 bridgehead atoms. The fourth-order valence-corrected chi connectivity index (χ4v) is 4.14. The lowest BCUT2D eigenvalue weighted by Gasteiger charge is -2.23. The average Bonchev–Trinajstić information content (AvgIpc) is 3.43. The summed E-state index contributed by atoms with van der Waals surface area (Å²) in [6, 6.07) is 3.21. The number of likely N-dealkylation sites (tertiary alicyclic amines) is 1. The number of aromatic nitrogens is 3. The van der Waals surface area contributed by atoms with Gasteiger partial charge in [-0.05, 0) is 52.7 Å². The van der Waals surface area contributed by atoms with E-state index in [1.165, 1.54) is 7.11 Å². The summed E-state index contributed by atoms with van der Waals surface area (Å²) < 4.78 is 12.4. The molecule has 4 heterocycles. The number of hydrogen-bond acceptors (Lipinski definition) is 6. The second-order valence-electron chi connectivity index (χ2n) is 7.98. The zero-order chi connectivity index (χ0) is 21.6. The molecule has 8 nitrogen and oxygen atoms in total. The minimum Gasteiger partial charge on any atom is -0.467 e. The molecule has 0 radical (unpaired) electrons. The zero-order valence-corrected chi connectivity index (χ0v) is 17.9. The van der Waals surface area contributed by atoms with E-state index >= 15 is 0 Å². The van der Waals surface area contributed by atoms with Crippen LogP contribution in [0.3, 0.4) is 0 Å². The van der Waals surface area contributed by atoms with Crippen molar-refractivity contribution < 1.29 is 18.7 Å². The largest absolute Gasteiger partial charge is 0.467 e. The molecule has 0 saturated carbocycles. The molecular weight excluding hydrogens is 384 g/mol. The van der Waals surface area contributed by atoms with Crippen LogP contribution in [0.5, 0.6) is 0 Å².